The number of carbonyl (C=O) groups is 1. The Labute approximate surface area is 185 Å². The van der Waals surface area contributed by atoms with E-state index in [1.165, 1.54) is 11.8 Å². The highest BCUT2D eigenvalue weighted by atomic mass is 32.2. The number of hydrogen-bond donors (Lipinski definition) is 0. The Morgan fingerprint density at radius 1 is 0.903 bits per heavy atom. The number of para-hydroxylation sites is 1. The average molecular weight is 429 g/mol. The summed E-state index contributed by atoms with van der Waals surface area (Å²) in [6, 6.07) is 25.4. The molecule has 0 N–H and O–H groups in total. The number of ether oxygens (including phenoxy) is 2. The first-order valence-electron chi connectivity index (χ1n) is 10.0. The zero-order valence-electron chi connectivity index (χ0n) is 16.7. The van der Waals surface area contributed by atoms with Crippen molar-refractivity contribution in [3.05, 3.63) is 94.9 Å². The molecule has 1 saturated heterocycles. The summed E-state index contributed by atoms with van der Waals surface area (Å²) in [4.78, 5) is 20.4. The first-order valence-corrected chi connectivity index (χ1v) is 10.9. The third-order valence-electron chi connectivity index (χ3n) is 4.92. The van der Waals surface area contributed by atoms with Crippen LogP contribution in [-0.2, 0) is 11.3 Å². The van der Waals surface area contributed by atoms with Crippen molar-refractivity contribution < 1.29 is 14.3 Å². The maximum atomic E-state index is 13.3. The van der Waals surface area contributed by atoms with Gasteiger partial charge in [0.2, 0.25) is 0 Å². The smallest absolute Gasteiger partial charge is 0.271 e. The van der Waals surface area contributed by atoms with Gasteiger partial charge in [-0.1, -0.05) is 54.6 Å². The Hall–Kier alpha value is -3.51. The van der Waals surface area contributed by atoms with Crippen LogP contribution >= 0.6 is 11.8 Å². The highest BCUT2D eigenvalue weighted by molar-refractivity contribution is 8.19. The predicted octanol–water partition coefficient (Wildman–Crippen LogP) is 5.13. The minimum Gasteiger partial charge on any atom is -0.486 e. The first kappa shape index (κ1) is 19.5. The number of rotatable bonds is 4. The molecule has 5 nitrogen and oxygen atoms in total. The van der Waals surface area contributed by atoms with E-state index in [9.17, 15) is 4.79 Å². The molecule has 31 heavy (non-hydrogen) atoms. The SMILES string of the molecule is O=C1/C(=C/c2ccc3c(c2)OCCO3)S/C(=N\Cc2ccccc2)N1c1ccccc1. The third-order valence-corrected chi connectivity index (χ3v) is 5.93. The molecule has 0 aliphatic carbocycles. The molecule has 2 aliphatic heterocycles. The van der Waals surface area contributed by atoms with Gasteiger partial charge in [-0.2, -0.15) is 0 Å². The molecule has 0 atom stereocenters. The molecule has 3 aromatic rings. The Balaban J connectivity index is 1.48. The molecule has 2 aliphatic rings. The van der Waals surface area contributed by atoms with Crippen LogP contribution < -0.4 is 14.4 Å². The van der Waals surface area contributed by atoms with Gasteiger partial charge < -0.3 is 9.47 Å². The van der Waals surface area contributed by atoms with Crippen LogP contribution in [0.3, 0.4) is 0 Å². The van der Waals surface area contributed by atoms with Crippen LogP contribution in [0.4, 0.5) is 5.69 Å². The summed E-state index contributed by atoms with van der Waals surface area (Å²) in [6.07, 6.45) is 1.88. The fourth-order valence-electron chi connectivity index (χ4n) is 3.43. The van der Waals surface area contributed by atoms with Crippen LogP contribution in [0.15, 0.2) is 88.8 Å². The number of benzene rings is 3. The molecule has 5 rings (SSSR count). The van der Waals surface area contributed by atoms with Crippen molar-refractivity contribution in [1.29, 1.82) is 0 Å². The van der Waals surface area contributed by atoms with Gasteiger partial charge in [-0.25, -0.2) is 0 Å². The van der Waals surface area contributed by atoms with Crippen LogP contribution in [0.25, 0.3) is 6.08 Å². The molecule has 1 amide bonds. The van der Waals surface area contributed by atoms with E-state index in [4.69, 9.17) is 14.5 Å². The van der Waals surface area contributed by atoms with Gasteiger partial charge in [-0.15, -0.1) is 0 Å². The third kappa shape index (κ3) is 4.20. The molecule has 6 heteroatoms. The Morgan fingerprint density at radius 3 is 2.39 bits per heavy atom. The van der Waals surface area contributed by atoms with E-state index >= 15 is 0 Å². The van der Waals surface area contributed by atoms with Crippen LogP contribution in [-0.4, -0.2) is 24.3 Å². The van der Waals surface area contributed by atoms with E-state index in [-0.39, 0.29) is 5.91 Å². The number of amidine groups is 1. The number of thioether (sulfide) groups is 1. The van der Waals surface area contributed by atoms with Gasteiger partial charge in [0.1, 0.15) is 13.2 Å². The van der Waals surface area contributed by atoms with Crippen LogP contribution in [0.5, 0.6) is 11.5 Å². The van der Waals surface area contributed by atoms with Gasteiger partial charge in [0, 0.05) is 0 Å². The molecule has 0 spiro atoms. The van der Waals surface area contributed by atoms with E-state index < -0.39 is 0 Å². The quantitative estimate of drug-likeness (QED) is 0.540. The maximum Gasteiger partial charge on any atom is 0.271 e. The van der Waals surface area contributed by atoms with E-state index in [2.05, 4.69) is 0 Å². The maximum absolute atomic E-state index is 13.3. The lowest BCUT2D eigenvalue weighted by Crippen LogP contribution is -2.28. The number of nitrogens with zero attached hydrogens (tertiary/aromatic N) is 2. The summed E-state index contributed by atoms with van der Waals surface area (Å²) >= 11 is 1.39. The zero-order valence-corrected chi connectivity index (χ0v) is 17.5. The lowest BCUT2D eigenvalue weighted by Gasteiger charge is -2.18. The summed E-state index contributed by atoms with van der Waals surface area (Å²) in [7, 11) is 0. The summed E-state index contributed by atoms with van der Waals surface area (Å²) in [5, 5.41) is 0.670. The second-order valence-electron chi connectivity index (χ2n) is 7.07. The summed E-state index contributed by atoms with van der Waals surface area (Å²) < 4.78 is 11.3. The van der Waals surface area contributed by atoms with Gasteiger partial charge >= 0.3 is 0 Å². The van der Waals surface area contributed by atoms with Crippen molar-refractivity contribution in [3.63, 3.8) is 0 Å². The van der Waals surface area contributed by atoms with Crippen molar-refractivity contribution >= 4 is 34.6 Å². The molecule has 154 valence electrons. The van der Waals surface area contributed by atoms with Crippen molar-refractivity contribution in [3.8, 4) is 11.5 Å². The average Bonchev–Trinajstić information content (AvgIpc) is 3.13. The number of aliphatic imine (C=N–C) groups is 1. The van der Waals surface area contributed by atoms with Crippen molar-refractivity contribution in [1.82, 2.24) is 0 Å². The lowest BCUT2D eigenvalue weighted by molar-refractivity contribution is -0.113. The molecule has 3 aromatic carbocycles. The number of anilines is 1. The second-order valence-corrected chi connectivity index (χ2v) is 8.08. The highest BCUT2D eigenvalue weighted by Gasteiger charge is 2.34. The lowest BCUT2D eigenvalue weighted by atomic mass is 10.1. The molecule has 0 bridgehead atoms. The van der Waals surface area contributed by atoms with Crippen molar-refractivity contribution in [2.75, 3.05) is 18.1 Å². The molecule has 0 unspecified atom stereocenters. The van der Waals surface area contributed by atoms with E-state index in [0.29, 0.717) is 35.6 Å². The summed E-state index contributed by atoms with van der Waals surface area (Å²) in [6.45, 7) is 1.59. The van der Waals surface area contributed by atoms with Gasteiger partial charge in [0.15, 0.2) is 16.7 Å². The normalized spacial score (nSPS) is 18.1. The molecule has 1 fully saturated rings. The molecule has 0 saturated carbocycles. The Morgan fingerprint density at radius 2 is 1.61 bits per heavy atom. The molecular weight excluding hydrogens is 408 g/mol. The standard InChI is InChI=1S/C25H20N2O3S/c28-24-23(16-19-11-12-21-22(15-19)30-14-13-29-21)31-25(26-17-18-7-3-1-4-8-18)27(24)20-9-5-2-6-10-20/h1-12,15-16H,13-14,17H2/b23-16-,26-25-. The molecular formula is C25H20N2O3S. The van der Waals surface area contributed by atoms with Crippen LogP contribution in [0.2, 0.25) is 0 Å². The van der Waals surface area contributed by atoms with Gasteiger partial charge in [0.25, 0.3) is 5.91 Å². The van der Waals surface area contributed by atoms with Gasteiger partial charge in [0.05, 0.1) is 17.1 Å². The van der Waals surface area contributed by atoms with E-state index in [0.717, 1.165) is 22.6 Å². The molecule has 0 radical (unpaired) electrons. The zero-order chi connectivity index (χ0) is 21.0. The number of amides is 1. The molecule has 0 aromatic heterocycles. The Bertz CT molecular complexity index is 1160. The fraction of sp³-hybridized carbons (Fsp3) is 0.120. The van der Waals surface area contributed by atoms with Crippen LogP contribution in [0.1, 0.15) is 11.1 Å². The van der Waals surface area contributed by atoms with Crippen molar-refractivity contribution in [2.45, 2.75) is 6.54 Å². The molecule has 2 heterocycles. The fourth-order valence-corrected chi connectivity index (χ4v) is 4.41. The minimum atomic E-state index is -0.0853. The van der Waals surface area contributed by atoms with Crippen molar-refractivity contribution in [2.24, 2.45) is 4.99 Å². The largest absolute Gasteiger partial charge is 0.486 e. The number of fused-ring (bicyclic) bond motifs is 1. The number of carbonyl (C=O) groups excluding carboxylic acids is 1. The van der Waals surface area contributed by atoms with Crippen LogP contribution in [0, 0.1) is 0 Å². The van der Waals surface area contributed by atoms with Gasteiger partial charge in [-0.3, -0.25) is 14.7 Å². The van der Waals surface area contributed by atoms with E-state index in [1.54, 1.807) is 4.90 Å². The summed E-state index contributed by atoms with van der Waals surface area (Å²) in [5.41, 5.74) is 2.79. The van der Waals surface area contributed by atoms with E-state index in [1.807, 2.05) is 84.9 Å². The Kier molecular flexibility index (Phi) is 5.46. The number of hydrogen-bond acceptors (Lipinski definition) is 5. The summed E-state index contributed by atoms with van der Waals surface area (Å²) in [5.74, 6) is 1.35. The second kappa shape index (κ2) is 8.70. The first-order chi connectivity index (χ1) is 15.3. The predicted molar refractivity (Wildman–Crippen MR) is 125 cm³/mol. The topological polar surface area (TPSA) is 51.1 Å². The monoisotopic (exact) mass is 428 g/mol. The minimum absolute atomic E-state index is 0.0853. The highest BCUT2D eigenvalue weighted by Crippen LogP contribution is 2.37. The van der Waals surface area contributed by atoms with Gasteiger partial charge in [-0.05, 0) is 53.2 Å².